The van der Waals surface area contributed by atoms with E-state index in [2.05, 4.69) is 19.2 Å². The van der Waals surface area contributed by atoms with Gasteiger partial charge in [0.25, 0.3) is 0 Å². The predicted octanol–water partition coefficient (Wildman–Crippen LogP) is 1.39. The van der Waals surface area contributed by atoms with Gasteiger partial charge in [0.15, 0.2) is 0 Å². The number of rotatable bonds is 1. The Kier molecular flexibility index (Phi) is 0.963. The highest BCUT2D eigenvalue weighted by Crippen LogP contribution is 2.44. The van der Waals surface area contributed by atoms with Crippen molar-refractivity contribution in [3.8, 4) is 0 Å². The van der Waals surface area contributed by atoms with Gasteiger partial charge in [-0.1, -0.05) is 13.8 Å². The molecule has 0 unspecified atom stereocenters. The number of hydrogen-bond acceptors (Lipinski definition) is 1. The first-order valence-corrected chi connectivity index (χ1v) is 3.93. The minimum atomic E-state index is 0.612. The van der Waals surface area contributed by atoms with Crippen molar-refractivity contribution in [2.75, 3.05) is 6.54 Å². The van der Waals surface area contributed by atoms with Gasteiger partial charge in [-0.15, -0.1) is 0 Å². The topological polar surface area (TPSA) is 12.0 Å². The summed E-state index contributed by atoms with van der Waals surface area (Å²) in [5.74, 6) is 1.04. The third-order valence-corrected chi connectivity index (χ3v) is 2.71. The van der Waals surface area contributed by atoms with Gasteiger partial charge in [0.1, 0.15) is 0 Å². The van der Waals surface area contributed by atoms with Crippen molar-refractivity contribution in [3.63, 3.8) is 0 Å². The van der Waals surface area contributed by atoms with Gasteiger partial charge >= 0.3 is 0 Å². The lowest BCUT2D eigenvalue weighted by atomic mass is 9.75. The summed E-state index contributed by atoms with van der Waals surface area (Å²) in [6.07, 6.45) is 2.95. The Hall–Kier alpha value is -0.0400. The van der Waals surface area contributed by atoms with Crippen molar-refractivity contribution in [2.45, 2.75) is 32.7 Å². The summed E-state index contributed by atoms with van der Waals surface area (Å²) in [6.45, 7) is 5.97. The third-order valence-electron chi connectivity index (χ3n) is 2.71. The van der Waals surface area contributed by atoms with Gasteiger partial charge in [-0.05, 0) is 24.2 Å². The molecule has 0 aromatic carbocycles. The molecule has 1 aliphatic heterocycles. The Morgan fingerprint density at radius 3 is 2.11 bits per heavy atom. The van der Waals surface area contributed by atoms with Crippen molar-refractivity contribution >= 4 is 0 Å². The summed E-state index contributed by atoms with van der Waals surface area (Å²) >= 11 is 0. The van der Waals surface area contributed by atoms with Crippen molar-refractivity contribution < 1.29 is 0 Å². The molecule has 1 aliphatic carbocycles. The molecule has 0 amide bonds. The highest BCUT2D eigenvalue weighted by atomic mass is 15.0. The normalized spacial score (nSPS) is 40.0. The van der Waals surface area contributed by atoms with Crippen LogP contribution >= 0.6 is 0 Å². The second-order valence-corrected chi connectivity index (χ2v) is 4.18. The lowest BCUT2D eigenvalue weighted by Crippen LogP contribution is -2.60. The third kappa shape index (κ3) is 0.787. The van der Waals surface area contributed by atoms with Crippen LogP contribution in [0, 0.1) is 11.3 Å². The van der Waals surface area contributed by atoms with Crippen LogP contribution in [-0.2, 0) is 0 Å². The quantitative estimate of drug-likeness (QED) is 0.558. The zero-order chi connectivity index (χ0) is 6.48. The van der Waals surface area contributed by atoms with Crippen LogP contribution in [0.3, 0.4) is 0 Å². The second kappa shape index (κ2) is 1.51. The zero-order valence-corrected chi connectivity index (χ0v) is 6.28. The van der Waals surface area contributed by atoms with E-state index in [0.29, 0.717) is 5.41 Å². The van der Waals surface area contributed by atoms with E-state index >= 15 is 0 Å². The summed E-state index contributed by atoms with van der Waals surface area (Å²) in [4.78, 5) is 0. The standard InChI is InChI=1S/C8H15N/c1-8(2)5-9-7(8)6-3-4-6/h6-7,9H,3-5H2,1-2H3/t7-/m1/s1. The van der Waals surface area contributed by atoms with Crippen LogP contribution < -0.4 is 5.32 Å². The fourth-order valence-corrected chi connectivity index (χ4v) is 1.86. The SMILES string of the molecule is CC1(C)CN[C@@H]1C1CC1. The average Bonchev–Trinajstić information content (AvgIpc) is 2.48. The van der Waals surface area contributed by atoms with E-state index in [9.17, 15) is 0 Å². The monoisotopic (exact) mass is 125 g/mol. The molecule has 1 nitrogen and oxygen atoms in total. The van der Waals surface area contributed by atoms with Crippen LogP contribution in [0.2, 0.25) is 0 Å². The number of hydrogen-bond donors (Lipinski definition) is 1. The molecule has 0 aromatic rings. The van der Waals surface area contributed by atoms with E-state index in [1.54, 1.807) is 0 Å². The van der Waals surface area contributed by atoms with E-state index < -0.39 is 0 Å². The molecule has 0 radical (unpaired) electrons. The molecule has 1 heteroatoms. The highest BCUT2D eigenvalue weighted by molar-refractivity contribution is 5.03. The first-order valence-electron chi connectivity index (χ1n) is 3.93. The maximum atomic E-state index is 3.50. The van der Waals surface area contributed by atoms with Gasteiger partial charge in [-0.3, -0.25) is 0 Å². The molecule has 1 heterocycles. The minimum absolute atomic E-state index is 0.612. The molecule has 1 saturated carbocycles. The molecular weight excluding hydrogens is 110 g/mol. The average molecular weight is 125 g/mol. The van der Waals surface area contributed by atoms with E-state index in [1.807, 2.05) is 0 Å². The lowest BCUT2D eigenvalue weighted by Gasteiger charge is -2.46. The van der Waals surface area contributed by atoms with Gasteiger partial charge in [0, 0.05) is 12.6 Å². The van der Waals surface area contributed by atoms with Crippen molar-refractivity contribution in [1.82, 2.24) is 5.32 Å². The van der Waals surface area contributed by atoms with Crippen LogP contribution in [0.15, 0.2) is 0 Å². The van der Waals surface area contributed by atoms with Crippen molar-refractivity contribution in [3.05, 3.63) is 0 Å². The smallest absolute Gasteiger partial charge is 0.0159 e. The van der Waals surface area contributed by atoms with E-state index in [-0.39, 0.29) is 0 Å². The van der Waals surface area contributed by atoms with Gasteiger partial charge in [0.05, 0.1) is 0 Å². The summed E-state index contributed by atoms with van der Waals surface area (Å²) in [5.41, 5.74) is 0.612. The fraction of sp³-hybridized carbons (Fsp3) is 1.00. The van der Waals surface area contributed by atoms with E-state index in [1.165, 1.54) is 19.4 Å². The summed E-state index contributed by atoms with van der Waals surface area (Å²) in [7, 11) is 0. The summed E-state index contributed by atoms with van der Waals surface area (Å²) < 4.78 is 0. The molecule has 2 rings (SSSR count). The second-order valence-electron chi connectivity index (χ2n) is 4.18. The molecule has 52 valence electrons. The Morgan fingerprint density at radius 1 is 1.33 bits per heavy atom. The molecule has 1 N–H and O–H groups in total. The van der Waals surface area contributed by atoms with Gasteiger partial charge in [0.2, 0.25) is 0 Å². The van der Waals surface area contributed by atoms with Crippen LogP contribution in [0.25, 0.3) is 0 Å². The molecule has 1 atom stereocenters. The maximum Gasteiger partial charge on any atom is 0.0159 e. The molecule has 2 fully saturated rings. The molecule has 0 spiro atoms. The fourth-order valence-electron chi connectivity index (χ4n) is 1.86. The summed E-state index contributed by atoms with van der Waals surface area (Å²) in [6, 6.07) is 0.859. The van der Waals surface area contributed by atoms with Gasteiger partial charge < -0.3 is 5.32 Å². The Morgan fingerprint density at radius 2 is 2.00 bits per heavy atom. The molecule has 9 heavy (non-hydrogen) atoms. The van der Waals surface area contributed by atoms with Crippen LogP contribution in [-0.4, -0.2) is 12.6 Å². The maximum absolute atomic E-state index is 3.50. The first-order chi connectivity index (χ1) is 4.20. The molecule has 0 aromatic heterocycles. The van der Waals surface area contributed by atoms with Crippen LogP contribution in [0.1, 0.15) is 26.7 Å². The van der Waals surface area contributed by atoms with Crippen molar-refractivity contribution in [2.24, 2.45) is 11.3 Å². The highest BCUT2D eigenvalue weighted by Gasteiger charge is 2.46. The Labute approximate surface area is 56.8 Å². The van der Waals surface area contributed by atoms with Crippen LogP contribution in [0.5, 0.6) is 0 Å². The lowest BCUT2D eigenvalue weighted by molar-refractivity contribution is 0.108. The van der Waals surface area contributed by atoms with Crippen LogP contribution in [0.4, 0.5) is 0 Å². The minimum Gasteiger partial charge on any atom is -0.313 e. The molecule has 0 bridgehead atoms. The zero-order valence-electron chi connectivity index (χ0n) is 6.28. The predicted molar refractivity (Wildman–Crippen MR) is 38.3 cm³/mol. The van der Waals surface area contributed by atoms with E-state index in [4.69, 9.17) is 0 Å². The van der Waals surface area contributed by atoms with E-state index in [0.717, 1.165) is 12.0 Å². The molecule has 2 aliphatic rings. The first kappa shape index (κ1) is 5.72. The van der Waals surface area contributed by atoms with Gasteiger partial charge in [-0.2, -0.15) is 0 Å². The largest absolute Gasteiger partial charge is 0.313 e. The molecular formula is C8H15N. The molecule has 1 saturated heterocycles. The summed E-state index contributed by atoms with van der Waals surface area (Å²) in [5, 5.41) is 3.50. The van der Waals surface area contributed by atoms with Crippen molar-refractivity contribution in [1.29, 1.82) is 0 Å². The Balaban J connectivity index is 1.98. The number of nitrogens with one attached hydrogen (secondary N) is 1. The van der Waals surface area contributed by atoms with Gasteiger partial charge in [-0.25, -0.2) is 0 Å². The Bertz CT molecular complexity index is 125.